The second kappa shape index (κ2) is 9.33. The highest BCUT2D eigenvalue weighted by molar-refractivity contribution is 5.88. The Labute approximate surface area is 216 Å². The number of hydrogen-bond donors (Lipinski definition) is 1. The van der Waals surface area contributed by atoms with Crippen molar-refractivity contribution < 1.29 is 14.3 Å². The maximum Gasteiger partial charge on any atom is 0.243 e. The SMILES string of the molecule is Cc1cc(C)nc(N2CCC3(CC2)NCCN(Cc2nn(C)cc2-c2ccc4c(c2)OCCO4)C3=O)n1. The molecule has 0 unspecified atom stereocenters. The molecule has 37 heavy (non-hydrogen) atoms. The number of nitrogens with zero attached hydrogens (tertiary/aromatic N) is 6. The number of piperazine rings is 1. The van der Waals surface area contributed by atoms with E-state index in [0.29, 0.717) is 26.3 Å². The first-order chi connectivity index (χ1) is 17.9. The molecule has 3 aromatic rings. The summed E-state index contributed by atoms with van der Waals surface area (Å²) in [6.07, 6.45) is 3.44. The van der Waals surface area contributed by atoms with Crippen molar-refractivity contribution in [3.8, 4) is 22.6 Å². The molecule has 1 amide bonds. The monoisotopic (exact) mass is 503 g/mol. The van der Waals surface area contributed by atoms with E-state index in [0.717, 1.165) is 78.1 Å². The van der Waals surface area contributed by atoms with E-state index in [1.54, 1.807) is 0 Å². The first-order valence-electron chi connectivity index (χ1n) is 12.9. The van der Waals surface area contributed by atoms with Gasteiger partial charge in [-0.2, -0.15) is 5.10 Å². The summed E-state index contributed by atoms with van der Waals surface area (Å²) in [6, 6.07) is 7.95. The molecule has 5 heterocycles. The number of carbonyl (C=O) groups excluding carboxylic acids is 1. The van der Waals surface area contributed by atoms with Crippen LogP contribution in [0.25, 0.3) is 11.1 Å². The Morgan fingerprint density at radius 1 is 1.00 bits per heavy atom. The number of carbonyl (C=O) groups is 1. The number of piperidine rings is 1. The molecule has 194 valence electrons. The highest BCUT2D eigenvalue weighted by Gasteiger charge is 2.46. The minimum atomic E-state index is -0.556. The molecule has 0 atom stereocenters. The van der Waals surface area contributed by atoms with Gasteiger partial charge in [-0.15, -0.1) is 0 Å². The van der Waals surface area contributed by atoms with Crippen LogP contribution in [0.3, 0.4) is 0 Å². The summed E-state index contributed by atoms with van der Waals surface area (Å²) in [5.41, 5.74) is 4.26. The quantitative estimate of drug-likeness (QED) is 0.579. The average molecular weight is 504 g/mol. The molecule has 3 aliphatic rings. The predicted octanol–water partition coefficient (Wildman–Crippen LogP) is 2.24. The molecule has 2 aromatic heterocycles. The van der Waals surface area contributed by atoms with Gasteiger partial charge in [0.15, 0.2) is 11.5 Å². The third kappa shape index (κ3) is 4.50. The lowest BCUT2D eigenvalue weighted by molar-refractivity contribution is -0.143. The molecule has 1 aromatic carbocycles. The lowest BCUT2D eigenvalue weighted by Gasteiger charge is -2.47. The van der Waals surface area contributed by atoms with Crippen molar-refractivity contribution in [3.05, 3.63) is 47.5 Å². The summed E-state index contributed by atoms with van der Waals surface area (Å²) in [7, 11) is 1.91. The molecule has 0 aliphatic carbocycles. The zero-order chi connectivity index (χ0) is 25.6. The fourth-order valence-electron chi connectivity index (χ4n) is 5.67. The number of rotatable bonds is 4. The fraction of sp³-hybridized carbons (Fsp3) is 0.481. The minimum Gasteiger partial charge on any atom is -0.486 e. The Balaban J connectivity index is 1.19. The van der Waals surface area contributed by atoms with Crippen LogP contribution >= 0.6 is 0 Å². The van der Waals surface area contributed by atoms with Crippen molar-refractivity contribution >= 4 is 11.9 Å². The Hall–Kier alpha value is -3.66. The van der Waals surface area contributed by atoms with Gasteiger partial charge >= 0.3 is 0 Å². The number of benzene rings is 1. The molecular weight excluding hydrogens is 470 g/mol. The third-order valence-corrected chi connectivity index (χ3v) is 7.51. The number of aromatic nitrogens is 4. The normalized spacial score (nSPS) is 18.9. The van der Waals surface area contributed by atoms with Gasteiger partial charge in [0.05, 0.1) is 12.2 Å². The second-order valence-corrected chi connectivity index (χ2v) is 10.2. The van der Waals surface area contributed by atoms with Gasteiger partial charge in [-0.25, -0.2) is 9.97 Å². The van der Waals surface area contributed by atoms with Crippen LogP contribution in [0.1, 0.15) is 29.9 Å². The molecule has 1 spiro atoms. The van der Waals surface area contributed by atoms with Gasteiger partial charge in [0.1, 0.15) is 18.8 Å². The number of aryl methyl sites for hydroxylation is 3. The van der Waals surface area contributed by atoms with Crippen LogP contribution in [-0.4, -0.2) is 75.5 Å². The van der Waals surface area contributed by atoms with E-state index < -0.39 is 5.54 Å². The maximum atomic E-state index is 13.8. The Kier molecular flexibility index (Phi) is 5.98. The van der Waals surface area contributed by atoms with Gasteiger partial charge in [-0.1, -0.05) is 6.07 Å². The first kappa shape index (κ1) is 23.7. The van der Waals surface area contributed by atoms with Gasteiger partial charge in [0.2, 0.25) is 11.9 Å². The molecule has 1 N–H and O–H groups in total. The van der Waals surface area contributed by atoms with E-state index in [4.69, 9.17) is 14.6 Å². The Morgan fingerprint density at radius 2 is 1.73 bits per heavy atom. The molecule has 10 heteroatoms. The predicted molar refractivity (Wildman–Crippen MR) is 139 cm³/mol. The van der Waals surface area contributed by atoms with Crippen LogP contribution in [0.2, 0.25) is 0 Å². The van der Waals surface area contributed by atoms with Crippen molar-refractivity contribution in [2.75, 3.05) is 44.3 Å². The molecule has 0 bridgehead atoms. The zero-order valence-electron chi connectivity index (χ0n) is 21.7. The van der Waals surface area contributed by atoms with Crippen molar-refractivity contribution in [3.63, 3.8) is 0 Å². The number of anilines is 1. The fourth-order valence-corrected chi connectivity index (χ4v) is 5.67. The number of nitrogens with one attached hydrogen (secondary N) is 1. The third-order valence-electron chi connectivity index (χ3n) is 7.51. The highest BCUT2D eigenvalue weighted by Crippen LogP contribution is 2.36. The van der Waals surface area contributed by atoms with Crippen LogP contribution in [0.5, 0.6) is 11.5 Å². The van der Waals surface area contributed by atoms with E-state index in [1.807, 2.05) is 60.9 Å². The summed E-state index contributed by atoms with van der Waals surface area (Å²) in [5, 5.41) is 8.30. The Bertz CT molecular complexity index is 1310. The van der Waals surface area contributed by atoms with Crippen LogP contribution in [-0.2, 0) is 18.4 Å². The lowest BCUT2D eigenvalue weighted by atomic mass is 9.84. The Morgan fingerprint density at radius 3 is 2.49 bits per heavy atom. The molecule has 0 radical (unpaired) electrons. The van der Waals surface area contributed by atoms with E-state index in [9.17, 15) is 4.79 Å². The maximum absolute atomic E-state index is 13.8. The summed E-state index contributed by atoms with van der Waals surface area (Å²) in [4.78, 5) is 27.2. The van der Waals surface area contributed by atoms with Gasteiger partial charge in [-0.3, -0.25) is 9.48 Å². The number of amides is 1. The summed E-state index contributed by atoms with van der Waals surface area (Å²) >= 11 is 0. The molecular formula is C27H33N7O3. The number of hydrogen-bond acceptors (Lipinski definition) is 8. The van der Waals surface area contributed by atoms with Crippen LogP contribution < -0.4 is 19.7 Å². The lowest BCUT2D eigenvalue weighted by Crippen LogP contribution is -2.67. The van der Waals surface area contributed by atoms with E-state index in [2.05, 4.69) is 20.2 Å². The van der Waals surface area contributed by atoms with Crippen LogP contribution in [0, 0.1) is 13.8 Å². The second-order valence-electron chi connectivity index (χ2n) is 10.2. The first-order valence-corrected chi connectivity index (χ1v) is 12.9. The molecule has 2 saturated heterocycles. The van der Waals surface area contributed by atoms with Crippen LogP contribution in [0.4, 0.5) is 5.95 Å². The molecule has 3 aliphatic heterocycles. The molecule has 10 nitrogen and oxygen atoms in total. The number of ether oxygens (including phenoxy) is 2. The average Bonchev–Trinajstić information content (AvgIpc) is 3.26. The van der Waals surface area contributed by atoms with Crippen molar-refractivity contribution in [2.45, 2.75) is 38.8 Å². The molecule has 2 fully saturated rings. The minimum absolute atomic E-state index is 0.151. The summed E-state index contributed by atoms with van der Waals surface area (Å²) in [6.45, 7) is 8.45. The van der Waals surface area contributed by atoms with E-state index in [-0.39, 0.29) is 5.91 Å². The highest BCUT2D eigenvalue weighted by atomic mass is 16.6. The van der Waals surface area contributed by atoms with Crippen molar-refractivity contribution in [1.82, 2.24) is 30.0 Å². The van der Waals surface area contributed by atoms with Gasteiger partial charge in [-0.05, 0) is 50.5 Å². The smallest absolute Gasteiger partial charge is 0.243 e. The number of fused-ring (bicyclic) bond motifs is 1. The van der Waals surface area contributed by atoms with Gasteiger partial charge in [0.25, 0.3) is 0 Å². The summed E-state index contributed by atoms with van der Waals surface area (Å²) in [5.74, 6) is 2.41. The largest absolute Gasteiger partial charge is 0.486 e. The topological polar surface area (TPSA) is 97.6 Å². The van der Waals surface area contributed by atoms with Crippen LogP contribution in [0.15, 0.2) is 30.5 Å². The zero-order valence-corrected chi connectivity index (χ0v) is 21.7. The van der Waals surface area contributed by atoms with Gasteiger partial charge in [0, 0.05) is 56.4 Å². The molecule has 6 rings (SSSR count). The summed E-state index contributed by atoms with van der Waals surface area (Å²) < 4.78 is 13.3. The standard InChI is InChI=1S/C27H33N7O3/c1-18-14-19(2)30-26(29-18)33-9-6-27(7-10-33)25(35)34(11-8-28-27)17-22-21(16-32(3)31-22)20-4-5-23-24(15-20)37-13-12-36-23/h4-5,14-16,28H,6-13,17H2,1-3H3. The van der Waals surface area contributed by atoms with Gasteiger partial charge < -0.3 is 24.6 Å². The van der Waals surface area contributed by atoms with Crippen molar-refractivity contribution in [1.29, 1.82) is 0 Å². The van der Waals surface area contributed by atoms with E-state index >= 15 is 0 Å². The molecule has 0 saturated carbocycles. The van der Waals surface area contributed by atoms with Crippen molar-refractivity contribution in [2.24, 2.45) is 7.05 Å². The van der Waals surface area contributed by atoms with E-state index in [1.165, 1.54) is 0 Å².